The minimum absolute atomic E-state index is 0.00796. The van der Waals surface area contributed by atoms with Gasteiger partial charge in [-0.15, -0.1) is 11.3 Å². The molecule has 0 radical (unpaired) electrons. The third-order valence-corrected chi connectivity index (χ3v) is 6.48. The number of halogens is 1. The fourth-order valence-corrected chi connectivity index (χ4v) is 4.72. The second kappa shape index (κ2) is 10.4. The number of nitrogens with one attached hydrogen (secondary N) is 1. The fourth-order valence-electron chi connectivity index (χ4n) is 3.61. The Labute approximate surface area is 204 Å². The summed E-state index contributed by atoms with van der Waals surface area (Å²) in [4.78, 5) is 11.8. The van der Waals surface area contributed by atoms with Gasteiger partial charge in [-0.2, -0.15) is 0 Å². The van der Waals surface area contributed by atoms with Gasteiger partial charge in [-0.25, -0.2) is 9.97 Å². The molecular weight excluding hydrogens is 460 g/mol. The van der Waals surface area contributed by atoms with Gasteiger partial charge in [-0.1, -0.05) is 11.6 Å². The summed E-state index contributed by atoms with van der Waals surface area (Å²) in [6.45, 7) is 11.0. The maximum absolute atomic E-state index is 6.82. The van der Waals surface area contributed by atoms with Crippen LogP contribution in [0.1, 0.15) is 27.7 Å². The van der Waals surface area contributed by atoms with Crippen LogP contribution in [0.2, 0.25) is 5.02 Å². The fraction of sp³-hybridized carbons (Fsp3) is 0.500. The number of thiazole rings is 1. The first kappa shape index (κ1) is 24.0. The number of pyridine rings is 1. The van der Waals surface area contributed by atoms with Gasteiger partial charge in [0.1, 0.15) is 28.8 Å². The number of benzene rings is 1. The van der Waals surface area contributed by atoms with Gasteiger partial charge in [0.05, 0.1) is 36.6 Å². The molecule has 4 rings (SSSR count). The first-order valence-electron chi connectivity index (χ1n) is 11.2. The molecule has 0 bridgehead atoms. The standard InChI is InChI=1S/C24H31ClN4O3S/c1-14(2)26-24-28-19(13-33-24)18-10-21(32-15(3)4)17-6-7-20(22(25)23(17)27-18)31-12-16-11-30-9-8-29(16)5/h6-7,10,13-16H,8-9,11-12H2,1-5H3,(H,26,28)/t16-/m1/s1. The number of ether oxygens (including phenoxy) is 3. The highest BCUT2D eigenvalue weighted by atomic mass is 35.5. The monoisotopic (exact) mass is 490 g/mol. The maximum Gasteiger partial charge on any atom is 0.183 e. The Balaban J connectivity index is 1.69. The van der Waals surface area contributed by atoms with E-state index in [1.807, 2.05) is 37.4 Å². The number of anilines is 1. The van der Waals surface area contributed by atoms with Crippen LogP contribution in [0.4, 0.5) is 5.13 Å². The largest absolute Gasteiger partial charge is 0.490 e. The average Bonchev–Trinajstić information content (AvgIpc) is 3.22. The van der Waals surface area contributed by atoms with Crippen LogP contribution in [-0.4, -0.2) is 66.5 Å². The van der Waals surface area contributed by atoms with Gasteiger partial charge >= 0.3 is 0 Å². The molecule has 0 unspecified atom stereocenters. The summed E-state index contributed by atoms with van der Waals surface area (Å²) in [5.41, 5.74) is 2.13. The van der Waals surface area contributed by atoms with Crippen molar-refractivity contribution in [1.82, 2.24) is 14.9 Å². The molecule has 3 heterocycles. The number of nitrogens with zero attached hydrogens (tertiary/aromatic N) is 3. The summed E-state index contributed by atoms with van der Waals surface area (Å²) in [7, 11) is 2.08. The number of hydrogen-bond donors (Lipinski definition) is 1. The molecule has 1 atom stereocenters. The molecule has 0 spiro atoms. The smallest absolute Gasteiger partial charge is 0.183 e. The molecule has 1 N–H and O–H groups in total. The number of morpholine rings is 1. The Morgan fingerprint density at radius 3 is 2.76 bits per heavy atom. The summed E-state index contributed by atoms with van der Waals surface area (Å²) < 4.78 is 17.8. The van der Waals surface area contributed by atoms with Crippen molar-refractivity contribution in [3.05, 3.63) is 28.6 Å². The van der Waals surface area contributed by atoms with Gasteiger partial charge in [0.2, 0.25) is 0 Å². The predicted molar refractivity (Wildman–Crippen MR) is 135 cm³/mol. The topological polar surface area (TPSA) is 68.7 Å². The van der Waals surface area contributed by atoms with Crippen molar-refractivity contribution in [1.29, 1.82) is 0 Å². The van der Waals surface area contributed by atoms with E-state index in [2.05, 4.69) is 31.1 Å². The predicted octanol–water partition coefficient (Wildman–Crippen LogP) is 5.33. The molecule has 0 amide bonds. The minimum Gasteiger partial charge on any atom is -0.490 e. The molecule has 7 nitrogen and oxygen atoms in total. The molecule has 1 aromatic carbocycles. The minimum atomic E-state index is 0.00796. The Bertz CT molecular complexity index is 1100. The van der Waals surface area contributed by atoms with E-state index in [0.717, 1.165) is 35.1 Å². The van der Waals surface area contributed by atoms with Crippen LogP contribution in [0.3, 0.4) is 0 Å². The first-order valence-corrected chi connectivity index (χ1v) is 12.5. The quantitative estimate of drug-likeness (QED) is 0.457. The van der Waals surface area contributed by atoms with E-state index < -0.39 is 0 Å². The van der Waals surface area contributed by atoms with Crippen molar-refractivity contribution in [3.8, 4) is 22.9 Å². The molecule has 1 fully saturated rings. The van der Waals surface area contributed by atoms with Crippen LogP contribution in [0.25, 0.3) is 22.3 Å². The van der Waals surface area contributed by atoms with Crippen molar-refractivity contribution < 1.29 is 14.2 Å². The Morgan fingerprint density at radius 2 is 2.03 bits per heavy atom. The van der Waals surface area contributed by atoms with Gasteiger partial charge in [-0.3, -0.25) is 4.90 Å². The van der Waals surface area contributed by atoms with E-state index in [9.17, 15) is 0 Å². The highest BCUT2D eigenvalue weighted by Gasteiger charge is 2.22. The van der Waals surface area contributed by atoms with Crippen LogP contribution >= 0.6 is 22.9 Å². The molecule has 1 aliphatic rings. The molecule has 3 aromatic rings. The zero-order valence-electron chi connectivity index (χ0n) is 19.7. The van der Waals surface area contributed by atoms with Crippen molar-refractivity contribution in [3.63, 3.8) is 0 Å². The molecule has 178 valence electrons. The zero-order valence-corrected chi connectivity index (χ0v) is 21.3. The Kier molecular flexibility index (Phi) is 7.58. The second-order valence-electron chi connectivity index (χ2n) is 8.80. The van der Waals surface area contributed by atoms with Crippen LogP contribution in [-0.2, 0) is 4.74 Å². The maximum atomic E-state index is 6.82. The molecule has 9 heteroatoms. The normalized spacial score (nSPS) is 17.2. The lowest BCUT2D eigenvalue weighted by Crippen LogP contribution is -2.46. The molecule has 33 heavy (non-hydrogen) atoms. The summed E-state index contributed by atoms with van der Waals surface area (Å²) in [6.07, 6.45) is 0.00796. The number of fused-ring (bicyclic) bond motifs is 1. The zero-order chi connectivity index (χ0) is 23.5. The summed E-state index contributed by atoms with van der Waals surface area (Å²) >= 11 is 8.37. The lowest BCUT2D eigenvalue weighted by atomic mass is 10.1. The van der Waals surface area contributed by atoms with Crippen molar-refractivity contribution >= 4 is 39.0 Å². The molecule has 1 aliphatic heterocycles. The molecule has 0 aliphatic carbocycles. The Morgan fingerprint density at radius 1 is 1.21 bits per heavy atom. The SMILES string of the molecule is CC(C)Nc1nc(-c2cc(OC(C)C)c3ccc(OC[C@H]4COCCN4C)c(Cl)c3n2)cs1. The van der Waals surface area contributed by atoms with Gasteiger partial charge < -0.3 is 19.5 Å². The lowest BCUT2D eigenvalue weighted by Gasteiger charge is -2.32. The highest BCUT2D eigenvalue weighted by molar-refractivity contribution is 7.14. The molecule has 1 saturated heterocycles. The van der Waals surface area contributed by atoms with Gasteiger partial charge in [0.25, 0.3) is 0 Å². The lowest BCUT2D eigenvalue weighted by molar-refractivity contribution is -0.0107. The third kappa shape index (κ3) is 5.69. The van der Waals surface area contributed by atoms with Crippen molar-refractivity contribution in [2.75, 3.05) is 38.7 Å². The van der Waals surface area contributed by atoms with Crippen molar-refractivity contribution in [2.24, 2.45) is 0 Å². The van der Waals surface area contributed by atoms with Crippen LogP contribution < -0.4 is 14.8 Å². The number of hydrogen-bond acceptors (Lipinski definition) is 8. The van der Waals surface area contributed by atoms with Crippen LogP contribution in [0.15, 0.2) is 23.6 Å². The number of likely N-dealkylation sites (N-methyl/N-ethyl adjacent to an activating group) is 1. The summed E-state index contributed by atoms with van der Waals surface area (Å²) in [5, 5.41) is 7.50. The van der Waals surface area contributed by atoms with E-state index >= 15 is 0 Å². The average molecular weight is 491 g/mol. The van der Waals surface area contributed by atoms with Gasteiger partial charge in [0.15, 0.2) is 5.13 Å². The highest BCUT2D eigenvalue weighted by Crippen LogP contribution is 2.39. The summed E-state index contributed by atoms with van der Waals surface area (Å²) in [6, 6.07) is 6.26. The third-order valence-electron chi connectivity index (χ3n) is 5.34. The van der Waals surface area contributed by atoms with Gasteiger partial charge in [-0.05, 0) is 46.9 Å². The number of aromatic nitrogens is 2. The van der Waals surface area contributed by atoms with E-state index in [4.69, 9.17) is 35.8 Å². The van der Waals surface area contributed by atoms with E-state index in [1.54, 1.807) is 11.3 Å². The van der Waals surface area contributed by atoms with Gasteiger partial charge in [0, 0.05) is 29.4 Å². The summed E-state index contributed by atoms with van der Waals surface area (Å²) in [5.74, 6) is 1.33. The van der Waals surface area contributed by atoms with Crippen LogP contribution in [0, 0.1) is 0 Å². The van der Waals surface area contributed by atoms with E-state index in [0.29, 0.717) is 41.2 Å². The molecular formula is C24H31ClN4O3S. The number of rotatable bonds is 8. The van der Waals surface area contributed by atoms with Crippen molar-refractivity contribution in [2.45, 2.75) is 45.9 Å². The second-order valence-corrected chi connectivity index (χ2v) is 10.0. The molecule has 0 saturated carbocycles. The first-order chi connectivity index (χ1) is 15.8. The Hall–Kier alpha value is -2.13. The van der Waals surface area contributed by atoms with E-state index in [1.165, 1.54) is 0 Å². The van der Waals surface area contributed by atoms with Crippen LogP contribution in [0.5, 0.6) is 11.5 Å². The molecule has 2 aromatic heterocycles. The van der Waals surface area contributed by atoms with E-state index in [-0.39, 0.29) is 12.1 Å².